The second kappa shape index (κ2) is 11.8. The predicted molar refractivity (Wildman–Crippen MR) is 155 cm³/mol. The minimum Gasteiger partial charge on any atom is -0.444 e. The Balaban J connectivity index is 1.59. The number of nitrogens with zero attached hydrogens (tertiary/aromatic N) is 2. The summed E-state index contributed by atoms with van der Waals surface area (Å²) in [5, 5.41) is 5.71. The van der Waals surface area contributed by atoms with Crippen LogP contribution < -0.4 is 10.2 Å². The minimum absolute atomic E-state index is 0.0868. The molecule has 0 bridgehead atoms. The zero-order valence-corrected chi connectivity index (χ0v) is 23.2. The fourth-order valence-electron chi connectivity index (χ4n) is 4.00. The summed E-state index contributed by atoms with van der Waals surface area (Å²) in [7, 11) is 3.69. The summed E-state index contributed by atoms with van der Waals surface area (Å²) in [5.41, 5.74) is 3.97. The molecule has 0 saturated heterocycles. The third-order valence-corrected chi connectivity index (χ3v) is 6.88. The first-order valence-electron chi connectivity index (χ1n) is 12.4. The third-order valence-electron chi connectivity index (χ3n) is 5.96. The van der Waals surface area contributed by atoms with Gasteiger partial charge < -0.3 is 14.4 Å². The Bertz CT molecular complexity index is 1430. The summed E-state index contributed by atoms with van der Waals surface area (Å²) >= 11 is 1.62. The van der Waals surface area contributed by atoms with Gasteiger partial charge in [0.15, 0.2) is 5.78 Å². The van der Waals surface area contributed by atoms with Gasteiger partial charge in [0.05, 0.1) is 12.1 Å². The number of Topliss-reactive ketones (excluding diaryl/α,β-unsaturated/α-hetero) is 1. The highest BCUT2D eigenvalue weighted by atomic mass is 32.1. The Labute approximate surface area is 227 Å². The molecule has 1 N–H and O–H groups in total. The highest BCUT2D eigenvalue weighted by Crippen LogP contribution is 2.30. The molecule has 0 saturated carbocycles. The van der Waals surface area contributed by atoms with E-state index < -0.39 is 11.7 Å². The Morgan fingerprint density at radius 2 is 1.89 bits per heavy atom. The lowest BCUT2D eigenvalue weighted by atomic mass is 9.99. The van der Waals surface area contributed by atoms with E-state index in [1.807, 2.05) is 87.8 Å². The maximum absolute atomic E-state index is 13.4. The van der Waals surface area contributed by atoms with Crippen LogP contribution >= 0.6 is 11.3 Å². The largest absolute Gasteiger partial charge is 0.444 e. The number of likely N-dealkylation sites (N-methyl/N-ethyl adjacent to an activating group) is 1. The number of aromatic nitrogens is 1. The molecule has 2 heterocycles. The van der Waals surface area contributed by atoms with Gasteiger partial charge in [-0.25, -0.2) is 4.79 Å². The highest BCUT2D eigenvalue weighted by Gasteiger charge is 2.19. The number of carbonyl (C=O) groups is 2. The molecule has 0 aliphatic heterocycles. The Kier molecular flexibility index (Phi) is 8.44. The number of ketones is 1. The zero-order valence-electron chi connectivity index (χ0n) is 22.4. The van der Waals surface area contributed by atoms with Crippen LogP contribution in [0.3, 0.4) is 0 Å². The second-order valence-corrected chi connectivity index (χ2v) is 11.0. The standard InChI is InChI=1S/C30H33N3O4S/c1-30(2,3)37-29(35)32-25-11-9-21(28-7-6-14-38-28)16-22(25)17-27(34)23-15-20-8-10-24(18-26(20)31-19-23)33(4)12-13-36-5/h6-11,14-16,18-19H,12-13,17H2,1-5H3,(H,32,35). The van der Waals surface area contributed by atoms with Gasteiger partial charge in [-0.2, -0.15) is 0 Å². The van der Waals surface area contributed by atoms with Crippen molar-refractivity contribution in [2.24, 2.45) is 0 Å². The zero-order chi connectivity index (χ0) is 27.3. The van der Waals surface area contributed by atoms with Crippen molar-refractivity contribution >= 4 is 45.5 Å². The first-order chi connectivity index (χ1) is 18.1. The number of hydrogen-bond acceptors (Lipinski definition) is 7. The number of fused-ring (bicyclic) bond motifs is 1. The molecule has 2 aromatic heterocycles. The fourth-order valence-corrected chi connectivity index (χ4v) is 4.73. The molecule has 0 spiro atoms. The van der Waals surface area contributed by atoms with Crippen LogP contribution in [0.1, 0.15) is 36.7 Å². The number of amides is 1. The molecule has 8 heteroatoms. The van der Waals surface area contributed by atoms with Crippen LogP contribution in [0.25, 0.3) is 21.3 Å². The SMILES string of the molecule is COCCN(C)c1ccc2cc(C(=O)Cc3cc(-c4cccs4)ccc3NC(=O)OC(C)(C)C)cnc2c1. The van der Waals surface area contributed by atoms with E-state index in [0.717, 1.165) is 33.6 Å². The molecule has 0 aliphatic carbocycles. The van der Waals surface area contributed by atoms with Crippen LogP contribution in [0.2, 0.25) is 0 Å². The summed E-state index contributed by atoms with van der Waals surface area (Å²) in [4.78, 5) is 33.7. The Morgan fingerprint density at radius 1 is 1.08 bits per heavy atom. The maximum atomic E-state index is 13.4. The van der Waals surface area contributed by atoms with Gasteiger partial charge in [-0.15, -0.1) is 11.3 Å². The normalized spacial score (nSPS) is 11.4. The smallest absolute Gasteiger partial charge is 0.412 e. The molecule has 198 valence electrons. The number of rotatable bonds is 9. The van der Waals surface area contributed by atoms with E-state index in [2.05, 4.69) is 15.2 Å². The van der Waals surface area contributed by atoms with Crippen molar-refractivity contribution in [3.63, 3.8) is 0 Å². The average Bonchev–Trinajstić information content (AvgIpc) is 3.41. The summed E-state index contributed by atoms with van der Waals surface area (Å²) < 4.78 is 10.6. The van der Waals surface area contributed by atoms with Crippen molar-refractivity contribution in [1.82, 2.24) is 4.98 Å². The summed E-state index contributed by atoms with van der Waals surface area (Å²) in [6.45, 7) is 6.83. The molecule has 0 aliphatic rings. The number of methoxy groups -OCH3 is 1. The van der Waals surface area contributed by atoms with Crippen LogP contribution in [0.15, 0.2) is 66.2 Å². The first kappa shape index (κ1) is 27.3. The van der Waals surface area contributed by atoms with Gasteiger partial charge in [0.2, 0.25) is 0 Å². The second-order valence-electron chi connectivity index (χ2n) is 10.1. The van der Waals surface area contributed by atoms with Gasteiger partial charge in [-0.05, 0) is 73.7 Å². The van der Waals surface area contributed by atoms with Crippen molar-refractivity contribution in [3.8, 4) is 10.4 Å². The lowest BCUT2D eigenvalue weighted by Gasteiger charge is -2.20. The van der Waals surface area contributed by atoms with Gasteiger partial charge in [0.1, 0.15) is 5.60 Å². The first-order valence-corrected chi connectivity index (χ1v) is 13.3. The number of benzene rings is 2. The van der Waals surface area contributed by atoms with E-state index in [9.17, 15) is 9.59 Å². The van der Waals surface area contributed by atoms with E-state index >= 15 is 0 Å². The number of ether oxygens (including phenoxy) is 2. The molecule has 0 atom stereocenters. The van der Waals surface area contributed by atoms with E-state index in [1.165, 1.54) is 0 Å². The van der Waals surface area contributed by atoms with Crippen LogP contribution in [-0.4, -0.2) is 49.8 Å². The molecule has 2 aromatic carbocycles. The molecule has 38 heavy (non-hydrogen) atoms. The van der Waals surface area contributed by atoms with Crippen molar-refractivity contribution in [2.45, 2.75) is 32.8 Å². The third kappa shape index (κ3) is 6.96. The Morgan fingerprint density at radius 3 is 2.61 bits per heavy atom. The topological polar surface area (TPSA) is 80.8 Å². The molecular formula is C30H33N3O4S. The summed E-state index contributed by atoms with van der Waals surface area (Å²) in [6, 6.07) is 17.6. The van der Waals surface area contributed by atoms with Crippen molar-refractivity contribution in [2.75, 3.05) is 37.5 Å². The van der Waals surface area contributed by atoms with Crippen LogP contribution in [-0.2, 0) is 15.9 Å². The molecule has 4 aromatic rings. The lowest BCUT2D eigenvalue weighted by Crippen LogP contribution is -2.27. The van der Waals surface area contributed by atoms with Crippen molar-refractivity contribution < 1.29 is 19.1 Å². The minimum atomic E-state index is -0.633. The van der Waals surface area contributed by atoms with Gasteiger partial charge in [-0.1, -0.05) is 18.2 Å². The fraction of sp³-hybridized carbons (Fsp3) is 0.300. The number of thiophene rings is 1. The summed E-state index contributed by atoms with van der Waals surface area (Å²) in [6.07, 6.45) is 1.16. The maximum Gasteiger partial charge on any atom is 0.412 e. The molecule has 1 amide bonds. The lowest BCUT2D eigenvalue weighted by molar-refractivity contribution is 0.0635. The molecule has 0 unspecified atom stereocenters. The van der Waals surface area contributed by atoms with Gasteiger partial charge in [0, 0.05) is 60.5 Å². The van der Waals surface area contributed by atoms with Gasteiger partial charge in [-0.3, -0.25) is 15.1 Å². The average molecular weight is 532 g/mol. The number of hydrogen-bond donors (Lipinski definition) is 1. The van der Waals surface area contributed by atoms with Gasteiger partial charge >= 0.3 is 6.09 Å². The van der Waals surface area contributed by atoms with Crippen LogP contribution in [0, 0.1) is 0 Å². The number of pyridine rings is 1. The van der Waals surface area contributed by atoms with Crippen molar-refractivity contribution in [3.05, 3.63) is 77.3 Å². The van der Waals surface area contributed by atoms with E-state index in [0.29, 0.717) is 23.4 Å². The number of carbonyl (C=O) groups excluding carboxylic acids is 2. The summed E-state index contributed by atoms with van der Waals surface area (Å²) in [5.74, 6) is -0.0868. The molecule has 4 rings (SSSR count). The number of anilines is 2. The molecule has 7 nitrogen and oxygen atoms in total. The highest BCUT2D eigenvalue weighted by molar-refractivity contribution is 7.13. The number of nitrogens with one attached hydrogen (secondary N) is 1. The van der Waals surface area contributed by atoms with Crippen LogP contribution in [0.4, 0.5) is 16.2 Å². The van der Waals surface area contributed by atoms with E-state index in [4.69, 9.17) is 9.47 Å². The molecule has 0 radical (unpaired) electrons. The van der Waals surface area contributed by atoms with E-state index in [1.54, 1.807) is 24.6 Å². The quantitative estimate of drug-likeness (QED) is 0.239. The monoisotopic (exact) mass is 531 g/mol. The Hall–Kier alpha value is -3.75. The molecular weight excluding hydrogens is 498 g/mol. The molecule has 0 fully saturated rings. The van der Waals surface area contributed by atoms with Crippen LogP contribution in [0.5, 0.6) is 0 Å². The van der Waals surface area contributed by atoms with E-state index in [-0.39, 0.29) is 12.2 Å². The van der Waals surface area contributed by atoms with Gasteiger partial charge in [0.25, 0.3) is 0 Å². The van der Waals surface area contributed by atoms with Crippen molar-refractivity contribution in [1.29, 1.82) is 0 Å². The predicted octanol–water partition coefficient (Wildman–Crippen LogP) is 6.82.